The molecule has 2 aromatic rings. The smallest absolute Gasteiger partial charge is 0.277 e. The van der Waals surface area contributed by atoms with E-state index >= 15 is 0 Å². The van der Waals surface area contributed by atoms with Crippen LogP contribution in [-0.4, -0.2) is 18.7 Å². The first-order chi connectivity index (χ1) is 10.6. The van der Waals surface area contributed by atoms with Gasteiger partial charge in [-0.3, -0.25) is 4.79 Å². The van der Waals surface area contributed by atoms with Crippen molar-refractivity contribution >= 4 is 28.1 Å². The van der Waals surface area contributed by atoms with Crippen molar-refractivity contribution in [3.63, 3.8) is 0 Å². The van der Waals surface area contributed by atoms with Gasteiger partial charge < -0.3 is 9.15 Å². The standard InChI is InChI=1S/C16H17BrN2O3/c1-11(2)12-5-6-15(14(17)8-12)22-10-16(20)19-18-9-13-4-3-7-21-13/h3-9,11H,10H2,1-2H3,(H,19,20). The van der Waals surface area contributed by atoms with Crippen molar-refractivity contribution in [2.75, 3.05) is 6.61 Å². The Labute approximate surface area is 137 Å². The van der Waals surface area contributed by atoms with E-state index in [1.807, 2.05) is 18.2 Å². The van der Waals surface area contributed by atoms with E-state index in [0.29, 0.717) is 17.4 Å². The summed E-state index contributed by atoms with van der Waals surface area (Å²) in [4.78, 5) is 11.6. The Hall–Kier alpha value is -2.08. The van der Waals surface area contributed by atoms with Crippen LogP contribution < -0.4 is 10.2 Å². The van der Waals surface area contributed by atoms with Crippen molar-refractivity contribution in [2.45, 2.75) is 19.8 Å². The normalized spacial score (nSPS) is 11.1. The third-order valence-corrected chi connectivity index (χ3v) is 3.53. The van der Waals surface area contributed by atoms with E-state index in [2.05, 4.69) is 40.3 Å². The lowest BCUT2D eigenvalue weighted by Crippen LogP contribution is -2.24. The lowest BCUT2D eigenvalue weighted by atomic mass is 10.0. The van der Waals surface area contributed by atoms with Crippen LogP contribution in [0.3, 0.4) is 0 Å². The van der Waals surface area contributed by atoms with E-state index in [4.69, 9.17) is 9.15 Å². The number of amides is 1. The molecule has 6 heteroatoms. The summed E-state index contributed by atoms with van der Waals surface area (Å²) in [7, 11) is 0. The third-order valence-electron chi connectivity index (χ3n) is 2.91. The molecule has 1 aromatic heterocycles. The molecule has 22 heavy (non-hydrogen) atoms. The number of hydrogen-bond donors (Lipinski definition) is 1. The number of halogens is 1. The number of nitrogens with one attached hydrogen (secondary N) is 1. The lowest BCUT2D eigenvalue weighted by Gasteiger charge is -2.10. The molecular formula is C16H17BrN2O3. The first-order valence-electron chi connectivity index (χ1n) is 6.84. The minimum absolute atomic E-state index is 0.116. The van der Waals surface area contributed by atoms with Gasteiger partial charge in [0.25, 0.3) is 5.91 Å². The quantitative estimate of drug-likeness (QED) is 0.627. The van der Waals surface area contributed by atoms with E-state index in [-0.39, 0.29) is 12.5 Å². The molecule has 0 spiro atoms. The highest BCUT2D eigenvalue weighted by Gasteiger charge is 2.07. The second-order valence-electron chi connectivity index (χ2n) is 4.94. The van der Waals surface area contributed by atoms with Gasteiger partial charge >= 0.3 is 0 Å². The number of benzene rings is 1. The van der Waals surface area contributed by atoms with Crippen LogP contribution in [0.1, 0.15) is 31.1 Å². The number of rotatable bonds is 6. The van der Waals surface area contributed by atoms with E-state index in [0.717, 1.165) is 4.47 Å². The van der Waals surface area contributed by atoms with Gasteiger partial charge in [0.2, 0.25) is 0 Å². The van der Waals surface area contributed by atoms with Crippen molar-refractivity contribution in [2.24, 2.45) is 5.10 Å². The van der Waals surface area contributed by atoms with Crippen LogP contribution in [0.4, 0.5) is 0 Å². The average Bonchev–Trinajstić information content (AvgIpc) is 2.99. The van der Waals surface area contributed by atoms with Crippen LogP contribution in [0, 0.1) is 0 Å². The number of hydrazone groups is 1. The zero-order valence-electron chi connectivity index (χ0n) is 12.4. The first kappa shape index (κ1) is 16.3. The van der Waals surface area contributed by atoms with Crippen molar-refractivity contribution in [3.8, 4) is 5.75 Å². The van der Waals surface area contributed by atoms with E-state index in [1.54, 1.807) is 12.1 Å². The Morgan fingerprint density at radius 1 is 1.45 bits per heavy atom. The van der Waals surface area contributed by atoms with Crippen LogP contribution in [-0.2, 0) is 4.79 Å². The number of carbonyl (C=O) groups is 1. The lowest BCUT2D eigenvalue weighted by molar-refractivity contribution is -0.123. The Balaban J connectivity index is 1.83. The van der Waals surface area contributed by atoms with Gasteiger partial charge in [0.1, 0.15) is 11.5 Å². The third kappa shape index (κ3) is 4.73. The zero-order valence-corrected chi connectivity index (χ0v) is 14.0. The summed E-state index contributed by atoms with van der Waals surface area (Å²) in [6.07, 6.45) is 2.95. The number of nitrogens with zero attached hydrogens (tertiary/aromatic N) is 1. The fourth-order valence-electron chi connectivity index (χ4n) is 1.70. The highest BCUT2D eigenvalue weighted by Crippen LogP contribution is 2.28. The molecule has 0 unspecified atom stereocenters. The maximum absolute atomic E-state index is 11.6. The summed E-state index contributed by atoms with van der Waals surface area (Å²) in [5, 5.41) is 3.78. The molecule has 0 saturated carbocycles. The summed E-state index contributed by atoms with van der Waals surface area (Å²) in [5.41, 5.74) is 3.57. The molecule has 0 aliphatic heterocycles. The second-order valence-corrected chi connectivity index (χ2v) is 5.80. The number of carbonyl (C=O) groups excluding carboxylic acids is 1. The van der Waals surface area contributed by atoms with Gasteiger partial charge in [-0.2, -0.15) is 5.10 Å². The molecule has 2 rings (SSSR count). The molecule has 1 aromatic carbocycles. The SMILES string of the molecule is CC(C)c1ccc(OCC(=O)NN=Cc2ccco2)c(Br)c1. The van der Waals surface area contributed by atoms with E-state index < -0.39 is 0 Å². The van der Waals surface area contributed by atoms with Crippen LogP contribution in [0.15, 0.2) is 50.6 Å². The highest BCUT2D eigenvalue weighted by molar-refractivity contribution is 9.10. The van der Waals surface area contributed by atoms with Gasteiger partial charge in [0.05, 0.1) is 17.0 Å². The minimum atomic E-state index is -0.345. The van der Waals surface area contributed by atoms with Crippen LogP contribution >= 0.6 is 15.9 Å². The molecule has 1 amide bonds. The maximum atomic E-state index is 11.6. The fourth-order valence-corrected chi connectivity index (χ4v) is 2.21. The summed E-state index contributed by atoms with van der Waals surface area (Å²) in [6.45, 7) is 4.12. The van der Waals surface area contributed by atoms with Crippen molar-refractivity contribution in [3.05, 3.63) is 52.4 Å². The highest BCUT2D eigenvalue weighted by atomic mass is 79.9. The van der Waals surface area contributed by atoms with Gasteiger partial charge in [-0.25, -0.2) is 5.43 Å². The molecule has 5 nitrogen and oxygen atoms in total. The van der Waals surface area contributed by atoms with Crippen LogP contribution in [0.2, 0.25) is 0 Å². The molecule has 0 saturated heterocycles. The zero-order chi connectivity index (χ0) is 15.9. The summed E-state index contributed by atoms with van der Waals surface area (Å²) >= 11 is 3.45. The summed E-state index contributed by atoms with van der Waals surface area (Å²) in [5.74, 6) is 1.27. The molecule has 0 atom stereocenters. The monoisotopic (exact) mass is 364 g/mol. The predicted octanol–water partition coefficient (Wildman–Crippen LogP) is 3.69. The Bertz CT molecular complexity index is 651. The molecular weight excluding hydrogens is 348 g/mol. The molecule has 0 bridgehead atoms. The van der Waals surface area contributed by atoms with Crippen molar-refractivity contribution in [1.82, 2.24) is 5.43 Å². The molecule has 116 valence electrons. The van der Waals surface area contributed by atoms with Crippen molar-refractivity contribution < 1.29 is 13.9 Å². The molecule has 0 aliphatic carbocycles. The van der Waals surface area contributed by atoms with Crippen LogP contribution in [0.25, 0.3) is 0 Å². The summed E-state index contributed by atoms with van der Waals surface area (Å²) < 4.78 is 11.3. The molecule has 0 fully saturated rings. The Kier molecular flexibility index (Phi) is 5.77. The van der Waals surface area contributed by atoms with Crippen molar-refractivity contribution in [1.29, 1.82) is 0 Å². The van der Waals surface area contributed by atoms with Gasteiger partial charge in [0, 0.05) is 0 Å². The van der Waals surface area contributed by atoms with Gasteiger partial charge in [-0.15, -0.1) is 0 Å². The van der Waals surface area contributed by atoms with E-state index in [1.165, 1.54) is 18.0 Å². The van der Waals surface area contributed by atoms with Gasteiger partial charge in [-0.1, -0.05) is 19.9 Å². The minimum Gasteiger partial charge on any atom is -0.483 e. The number of hydrogen-bond acceptors (Lipinski definition) is 4. The molecule has 0 radical (unpaired) electrons. The summed E-state index contributed by atoms with van der Waals surface area (Å²) in [6, 6.07) is 9.30. The number of furan rings is 1. The Morgan fingerprint density at radius 3 is 2.91 bits per heavy atom. The fraction of sp³-hybridized carbons (Fsp3) is 0.250. The second kappa shape index (κ2) is 7.79. The van der Waals surface area contributed by atoms with Gasteiger partial charge in [-0.05, 0) is 51.7 Å². The Morgan fingerprint density at radius 2 is 2.27 bits per heavy atom. The van der Waals surface area contributed by atoms with Crippen LogP contribution in [0.5, 0.6) is 5.75 Å². The largest absolute Gasteiger partial charge is 0.483 e. The molecule has 0 aliphatic rings. The first-order valence-corrected chi connectivity index (χ1v) is 7.63. The maximum Gasteiger partial charge on any atom is 0.277 e. The molecule has 1 heterocycles. The van der Waals surface area contributed by atoms with Gasteiger partial charge in [0.15, 0.2) is 6.61 Å². The molecule has 1 N–H and O–H groups in total. The predicted molar refractivity (Wildman–Crippen MR) is 88.2 cm³/mol. The number of ether oxygens (including phenoxy) is 1. The topological polar surface area (TPSA) is 63.8 Å². The van der Waals surface area contributed by atoms with E-state index in [9.17, 15) is 4.79 Å². The average molecular weight is 365 g/mol.